The van der Waals surface area contributed by atoms with Crippen LogP contribution in [0.1, 0.15) is 10.5 Å². The van der Waals surface area contributed by atoms with Crippen LogP contribution < -0.4 is 21.5 Å². The van der Waals surface area contributed by atoms with Crippen LogP contribution in [-0.4, -0.2) is 35.4 Å². The van der Waals surface area contributed by atoms with E-state index in [1.54, 1.807) is 0 Å². The Labute approximate surface area is 125 Å². The monoisotopic (exact) mass is 312 g/mol. The van der Waals surface area contributed by atoms with E-state index in [-0.39, 0.29) is 23.2 Å². The molecule has 8 nitrogen and oxygen atoms in total. The lowest BCUT2D eigenvalue weighted by Gasteiger charge is -2.12. The SMILES string of the molecule is C=CCOc1ccc(Cl)c(C(=O)NC(C(N)=O)C(N)=O)n1. The molecule has 1 aromatic heterocycles. The van der Waals surface area contributed by atoms with E-state index >= 15 is 0 Å². The van der Waals surface area contributed by atoms with Crippen molar-refractivity contribution in [2.24, 2.45) is 11.5 Å². The molecule has 0 fully saturated rings. The molecule has 3 amide bonds. The lowest BCUT2D eigenvalue weighted by Crippen LogP contribution is -2.52. The van der Waals surface area contributed by atoms with Gasteiger partial charge in [-0.3, -0.25) is 14.4 Å². The van der Waals surface area contributed by atoms with E-state index in [9.17, 15) is 14.4 Å². The molecule has 1 heterocycles. The van der Waals surface area contributed by atoms with Crippen molar-refractivity contribution in [3.05, 3.63) is 35.5 Å². The van der Waals surface area contributed by atoms with E-state index in [4.69, 9.17) is 27.8 Å². The second kappa shape index (κ2) is 7.25. The second-order valence-corrected chi connectivity index (χ2v) is 4.20. The summed E-state index contributed by atoms with van der Waals surface area (Å²) in [5.41, 5.74) is 9.68. The quantitative estimate of drug-likeness (QED) is 0.454. The number of carbonyl (C=O) groups excluding carboxylic acids is 3. The molecule has 0 unspecified atom stereocenters. The molecule has 1 rings (SSSR count). The molecule has 0 spiro atoms. The zero-order valence-corrected chi connectivity index (χ0v) is 11.6. The molecule has 0 aliphatic heterocycles. The van der Waals surface area contributed by atoms with Crippen LogP contribution in [0, 0.1) is 0 Å². The summed E-state index contributed by atoms with van der Waals surface area (Å²) in [4.78, 5) is 37.9. The minimum absolute atomic E-state index is 0.00569. The van der Waals surface area contributed by atoms with Crippen molar-refractivity contribution in [1.29, 1.82) is 0 Å². The highest BCUT2D eigenvalue weighted by atomic mass is 35.5. The highest BCUT2D eigenvalue weighted by Crippen LogP contribution is 2.18. The number of ether oxygens (including phenoxy) is 1. The summed E-state index contributed by atoms with van der Waals surface area (Å²) in [5, 5.41) is 2.05. The van der Waals surface area contributed by atoms with Gasteiger partial charge in [-0.05, 0) is 6.07 Å². The molecule has 0 saturated carbocycles. The molecule has 1 aromatic rings. The molecule has 0 saturated heterocycles. The highest BCUT2D eigenvalue weighted by molar-refractivity contribution is 6.33. The number of amides is 3. The van der Waals surface area contributed by atoms with Crippen LogP contribution in [0.2, 0.25) is 5.02 Å². The molecular formula is C12H13ClN4O4. The zero-order chi connectivity index (χ0) is 16.0. The minimum Gasteiger partial charge on any atom is -0.473 e. The fourth-order valence-electron chi connectivity index (χ4n) is 1.29. The molecule has 0 radical (unpaired) electrons. The Morgan fingerprint density at radius 2 is 2.00 bits per heavy atom. The van der Waals surface area contributed by atoms with Crippen molar-refractivity contribution >= 4 is 29.3 Å². The first kappa shape index (κ1) is 16.4. The molecule has 9 heteroatoms. The van der Waals surface area contributed by atoms with E-state index in [1.807, 2.05) is 5.32 Å². The molecule has 5 N–H and O–H groups in total. The number of nitrogens with one attached hydrogen (secondary N) is 1. The molecule has 21 heavy (non-hydrogen) atoms. The van der Waals surface area contributed by atoms with E-state index < -0.39 is 23.8 Å². The number of nitrogens with two attached hydrogens (primary N) is 2. The van der Waals surface area contributed by atoms with Gasteiger partial charge in [0.1, 0.15) is 6.61 Å². The fraction of sp³-hybridized carbons (Fsp3) is 0.167. The molecule has 112 valence electrons. The molecule has 0 bridgehead atoms. The van der Waals surface area contributed by atoms with Gasteiger partial charge in [-0.15, -0.1) is 0 Å². The van der Waals surface area contributed by atoms with Gasteiger partial charge in [-0.1, -0.05) is 24.3 Å². The first-order chi connectivity index (χ1) is 9.86. The number of primary amides is 2. The Morgan fingerprint density at radius 1 is 1.38 bits per heavy atom. The maximum atomic E-state index is 12.0. The van der Waals surface area contributed by atoms with Crippen molar-refractivity contribution in [1.82, 2.24) is 10.3 Å². The maximum absolute atomic E-state index is 12.0. The van der Waals surface area contributed by atoms with Gasteiger partial charge in [0.2, 0.25) is 17.7 Å². The summed E-state index contributed by atoms with van der Waals surface area (Å²) in [5.74, 6) is -2.94. The summed E-state index contributed by atoms with van der Waals surface area (Å²) < 4.78 is 5.15. The van der Waals surface area contributed by atoms with Gasteiger partial charge in [-0.2, -0.15) is 0 Å². The fourth-order valence-corrected chi connectivity index (χ4v) is 1.48. The first-order valence-electron chi connectivity index (χ1n) is 5.66. The van der Waals surface area contributed by atoms with Gasteiger partial charge in [0, 0.05) is 6.07 Å². The molecule has 0 aromatic carbocycles. The largest absolute Gasteiger partial charge is 0.473 e. The topological polar surface area (TPSA) is 137 Å². The normalized spacial score (nSPS) is 10.0. The van der Waals surface area contributed by atoms with Crippen molar-refractivity contribution in [3.8, 4) is 5.88 Å². The summed E-state index contributed by atoms with van der Waals surface area (Å²) in [6.45, 7) is 3.65. The Bertz CT molecular complexity index is 577. The standard InChI is InChI=1S/C12H13ClN4O4/c1-2-5-21-7-4-3-6(13)8(16-7)12(20)17-9(10(14)18)11(15)19/h2-4,9H,1,5H2,(H2,14,18)(H2,15,19)(H,17,20). The van der Waals surface area contributed by atoms with Crippen molar-refractivity contribution in [2.45, 2.75) is 6.04 Å². The van der Waals surface area contributed by atoms with Gasteiger partial charge in [0.15, 0.2) is 11.7 Å². The van der Waals surface area contributed by atoms with E-state index in [0.29, 0.717) is 0 Å². The minimum atomic E-state index is -1.66. The summed E-state index contributed by atoms with van der Waals surface area (Å²) in [6, 6.07) is 1.17. The Kier molecular flexibility index (Phi) is 5.67. The number of halogens is 1. The molecular weight excluding hydrogens is 300 g/mol. The van der Waals surface area contributed by atoms with Crippen LogP contribution in [0.25, 0.3) is 0 Å². The van der Waals surface area contributed by atoms with Crippen LogP contribution in [0.4, 0.5) is 0 Å². The first-order valence-corrected chi connectivity index (χ1v) is 6.04. The average molecular weight is 313 g/mol. The van der Waals surface area contributed by atoms with Gasteiger partial charge in [0.05, 0.1) is 5.02 Å². The number of nitrogens with zero attached hydrogens (tertiary/aromatic N) is 1. The Morgan fingerprint density at radius 3 is 2.52 bits per heavy atom. The number of aromatic nitrogens is 1. The van der Waals surface area contributed by atoms with Gasteiger partial charge < -0.3 is 21.5 Å². The van der Waals surface area contributed by atoms with Gasteiger partial charge in [-0.25, -0.2) is 4.98 Å². The number of rotatable bonds is 7. The molecule has 0 atom stereocenters. The summed E-state index contributed by atoms with van der Waals surface area (Å²) in [7, 11) is 0. The Balaban J connectivity index is 2.97. The van der Waals surface area contributed by atoms with Crippen molar-refractivity contribution in [2.75, 3.05) is 6.61 Å². The Hall–Kier alpha value is -2.61. The number of carbonyl (C=O) groups is 3. The van der Waals surface area contributed by atoms with Crippen LogP contribution >= 0.6 is 11.6 Å². The van der Waals surface area contributed by atoms with Crippen molar-refractivity contribution < 1.29 is 19.1 Å². The third-order valence-electron chi connectivity index (χ3n) is 2.23. The molecule has 0 aliphatic rings. The van der Waals surface area contributed by atoms with Gasteiger partial charge in [0.25, 0.3) is 5.91 Å². The van der Waals surface area contributed by atoms with Crippen LogP contribution in [0.5, 0.6) is 5.88 Å². The third kappa shape index (κ3) is 4.46. The predicted molar refractivity (Wildman–Crippen MR) is 74.6 cm³/mol. The number of pyridine rings is 1. The van der Waals surface area contributed by atoms with Crippen molar-refractivity contribution in [3.63, 3.8) is 0 Å². The maximum Gasteiger partial charge on any atom is 0.272 e. The van der Waals surface area contributed by atoms with Crippen LogP contribution in [0.3, 0.4) is 0 Å². The highest BCUT2D eigenvalue weighted by Gasteiger charge is 2.26. The third-order valence-corrected chi connectivity index (χ3v) is 2.53. The summed E-state index contributed by atoms with van der Waals surface area (Å²) >= 11 is 5.84. The predicted octanol–water partition coefficient (Wildman–Crippen LogP) is -0.631. The lowest BCUT2D eigenvalue weighted by atomic mass is 10.2. The second-order valence-electron chi connectivity index (χ2n) is 3.79. The number of hydrogen-bond acceptors (Lipinski definition) is 5. The van der Waals surface area contributed by atoms with E-state index in [0.717, 1.165) is 0 Å². The number of hydrogen-bond donors (Lipinski definition) is 3. The average Bonchev–Trinajstić information content (AvgIpc) is 2.42. The van der Waals surface area contributed by atoms with Crippen LogP contribution in [-0.2, 0) is 9.59 Å². The smallest absolute Gasteiger partial charge is 0.272 e. The molecule has 0 aliphatic carbocycles. The van der Waals surface area contributed by atoms with Crippen LogP contribution in [0.15, 0.2) is 24.8 Å². The lowest BCUT2D eigenvalue weighted by molar-refractivity contribution is -0.128. The van der Waals surface area contributed by atoms with E-state index in [2.05, 4.69) is 11.6 Å². The van der Waals surface area contributed by atoms with E-state index in [1.165, 1.54) is 18.2 Å². The van der Waals surface area contributed by atoms with Gasteiger partial charge >= 0.3 is 0 Å². The summed E-state index contributed by atoms with van der Waals surface area (Å²) in [6.07, 6.45) is 1.49. The zero-order valence-electron chi connectivity index (χ0n) is 10.8.